The Labute approximate surface area is 84.9 Å². The van der Waals surface area contributed by atoms with E-state index >= 15 is 0 Å². The van der Waals surface area contributed by atoms with Gasteiger partial charge in [0.15, 0.2) is 0 Å². The van der Waals surface area contributed by atoms with Crippen LogP contribution in [0.5, 0.6) is 0 Å². The predicted molar refractivity (Wildman–Crippen MR) is 56.3 cm³/mol. The molecule has 0 aromatic heterocycles. The number of hydrogen-bond donors (Lipinski definition) is 0. The van der Waals surface area contributed by atoms with Gasteiger partial charge in [-0.05, 0) is 30.0 Å². The van der Waals surface area contributed by atoms with Crippen LogP contribution in [0.2, 0.25) is 0 Å². The number of carbonyl (C=O) groups excluding carboxylic acids is 1. The summed E-state index contributed by atoms with van der Waals surface area (Å²) in [5.74, 6) is 0.361. The van der Waals surface area contributed by atoms with Crippen molar-refractivity contribution < 1.29 is 9.53 Å². The quantitative estimate of drug-likeness (QED) is 0.688. The molecule has 0 spiro atoms. The van der Waals surface area contributed by atoms with Gasteiger partial charge in [-0.1, -0.05) is 26.0 Å². The highest BCUT2D eigenvalue weighted by Crippen LogP contribution is 2.10. The van der Waals surface area contributed by atoms with E-state index < -0.39 is 0 Å². The van der Waals surface area contributed by atoms with Gasteiger partial charge in [0.1, 0.15) is 0 Å². The summed E-state index contributed by atoms with van der Waals surface area (Å²) in [4.78, 5) is 11.1. The molecule has 0 heterocycles. The van der Waals surface area contributed by atoms with Crippen molar-refractivity contribution in [2.75, 3.05) is 7.11 Å². The molecule has 76 valence electrons. The van der Waals surface area contributed by atoms with E-state index in [-0.39, 0.29) is 5.97 Å². The molecular formula is C12H16O2. The first-order valence-corrected chi connectivity index (χ1v) is 4.80. The smallest absolute Gasteiger partial charge is 0.337 e. The Balaban J connectivity index is 2.73. The lowest BCUT2D eigenvalue weighted by Gasteiger charge is -2.05. The van der Waals surface area contributed by atoms with Crippen LogP contribution >= 0.6 is 0 Å². The van der Waals surface area contributed by atoms with Gasteiger partial charge < -0.3 is 4.74 Å². The van der Waals surface area contributed by atoms with Crippen molar-refractivity contribution in [2.45, 2.75) is 20.3 Å². The monoisotopic (exact) mass is 192 g/mol. The molecule has 14 heavy (non-hydrogen) atoms. The summed E-state index contributed by atoms with van der Waals surface area (Å²) in [7, 11) is 1.39. The van der Waals surface area contributed by atoms with E-state index in [1.165, 1.54) is 12.7 Å². The lowest BCUT2D eigenvalue weighted by molar-refractivity contribution is 0.0600. The minimum absolute atomic E-state index is 0.277. The summed E-state index contributed by atoms with van der Waals surface area (Å²) < 4.78 is 4.62. The summed E-state index contributed by atoms with van der Waals surface area (Å²) in [6.07, 6.45) is 1.04. The van der Waals surface area contributed by atoms with Crippen LogP contribution < -0.4 is 0 Å². The molecule has 0 aliphatic heterocycles. The van der Waals surface area contributed by atoms with Gasteiger partial charge in [-0.3, -0.25) is 0 Å². The maximum Gasteiger partial charge on any atom is 0.337 e. The van der Waals surface area contributed by atoms with Crippen molar-refractivity contribution in [1.82, 2.24) is 0 Å². The predicted octanol–water partition coefficient (Wildman–Crippen LogP) is 2.67. The zero-order valence-corrected chi connectivity index (χ0v) is 8.91. The third kappa shape index (κ3) is 2.87. The average Bonchev–Trinajstić information content (AvgIpc) is 2.17. The number of hydrogen-bond acceptors (Lipinski definition) is 2. The number of rotatable bonds is 3. The molecule has 0 aliphatic rings. The van der Waals surface area contributed by atoms with Crippen LogP contribution in [-0.4, -0.2) is 13.1 Å². The molecule has 0 saturated carbocycles. The second-order valence-electron chi connectivity index (χ2n) is 3.79. The molecule has 0 N–H and O–H groups in total. The first kappa shape index (κ1) is 10.8. The fraction of sp³-hybridized carbons (Fsp3) is 0.417. The summed E-state index contributed by atoms with van der Waals surface area (Å²) in [6.45, 7) is 4.35. The average molecular weight is 192 g/mol. The molecule has 0 amide bonds. The van der Waals surface area contributed by atoms with E-state index in [0.29, 0.717) is 11.5 Å². The minimum atomic E-state index is -0.277. The van der Waals surface area contributed by atoms with Crippen LogP contribution in [0.3, 0.4) is 0 Å². The second kappa shape index (κ2) is 4.80. The summed E-state index contributed by atoms with van der Waals surface area (Å²) >= 11 is 0. The Morgan fingerprint density at radius 1 is 1.29 bits per heavy atom. The van der Waals surface area contributed by atoms with Crippen LogP contribution in [0, 0.1) is 5.92 Å². The molecule has 0 atom stereocenters. The molecule has 0 aliphatic carbocycles. The zero-order chi connectivity index (χ0) is 10.6. The number of esters is 1. The zero-order valence-electron chi connectivity index (χ0n) is 8.91. The van der Waals surface area contributed by atoms with Crippen LogP contribution in [0.15, 0.2) is 24.3 Å². The molecule has 0 bridgehead atoms. The maximum atomic E-state index is 11.1. The lowest BCUT2D eigenvalue weighted by atomic mass is 10.0. The molecule has 0 fully saturated rings. The van der Waals surface area contributed by atoms with Crippen LogP contribution in [0.1, 0.15) is 29.8 Å². The van der Waals surface area contributed by atoms with Gasteiger partial charge in [-0.2, -0.15) is 0 Å². The van der Waals surface area contributed by atoms with Crippen molar-refractivity contribution in [3.8, 4) is 0 Å². The lowest BCUT2D eigenvalue weighted by Crippen LogP contribution is -2.01. The Morgan fingerprint density at radius 2 is 1.86 bits per heavy atom. The molecule has 0 saturated heterocycles. The normalized spacial score (nSPS) is 10.3. The number of carbonyl (C=O) groups is 1. The standard InChI is InChI=1S/C12H16O2/c1-9(2)8-10-4-6-11(7-5-10)12(13)14-3/h4-7,9H,8H2,1-3H3. The summed E-state index contributed by atoms with van der Waals surface area (Å²) in [5, 5.41) is 0. The molecule has 1 aromatic carbocycles. The molecule has 2 heteroatoms. The Morgan fingerprint density at radius 3 is 2.29 bits per heavy atom. The number of ether oxygens (including phenoxy) is 1. The van der Waals surface area contributed by atoms with E-state index in [2.05, 4.69) is 18.6 Å². The molecule has 0 unspecified atom stereocenters. The van der Waals surface area contributed by atoms with E-state index in [0.717, 1.165) is 6.42 Å². The van der Waals surface area contributed by atoms with Gasteiger partial charge in [-0.25, -0.2) is 4.79 Å². The van der Waals surface area contributed by atoms with Gasteiger partial charge in [0.25, 0.3) is 0 Å². The molecule has 2 nitrogen and oxygen atoms in total. The van der Waals surface area contributed by atoms with Crippen molar-refractivity contribution in [2.24, 2.45) is 5.92 Å². The van der Waals surface area contributed by atoms with Crippen molar-refractivity contribution in [3.05, 3.63) is 35.4 Å². The van der Waals surface area contributed by atoms with Gasteiger partial charge in [0.2, 0.25) is 0 Å². The van der Waals surface area contributed by atoms with Crippen LogP contribution in [0.4, 0.5) is 0 Å². The Bertz CT molecular complexity index is 299. The topological polar surface area (TPSA) is 26.3 Å². The highest BCUT2D eigenvalue weighted by Gasteiger charge is 2.04. The molecule has 1 rings (SSSR count). The SMILES string of the molecule is COC(=O)c1ccc(CC(C)C)cc1. The minimum Gasteiger partial charge on any atom is -0.465 e. The first-order chi connectivity index (χ1) is 6.63. The fourth-order valence-corrected chi connectivity index (χ4v) is 1.37. The highest BCUT2D eigenvalue weighted by molar-refractivity contribution is 5.89. The maximum absolute atomic E-state index is 11.1. The van der Waals surface area contributed by atoms with Crippen molar-refractivity contribution >= 4 is 5.97 Å². The fourth-order valence-electron chi connectivity index (χ4n) is 1.37. The van der Waals surface area contributed by atoms with Gasteiger partial charge in [0.05, 0.1) is 12.7 Å². The van der Waals surface area contributed by atoms with E-state index in [4.69, 9.17) is 0 Å². The van der Waals surface area contributed by atoms with Crippen LogP contribution in [-0.2, 0) is 11.2 Å². The van der Waals surface area contributed by atoms with Gasteiger partial charge in [-0.15, -0.1) is 0 Å². The Kier molecular flexibility index (Phi) is 3.69. The summed E-state index contributed by atoms with van der Waals surface area (Å²) in [6, 6.07) is 7.57. The first-order valence-electron chi connectivity index (χ1n) is 4.80. The summed E-state index contributed by atoms with van der Waals surface area (Å²) in [5.41, 5.74) is 1.87. The van der Waals surface area contributed by atoms with Crippen molar-refractivity contribution in [1.29, 1.82) is 0 Å². The Hall–Kier alpha value is -1.31. The van der Waals surface area contributed by atoms with E-state index in [9.17, 15) is 4.79 Å². The van der Waals surface area contributed by atoms with Gasteiger partial charge >= 0.3 is 5.97 Å². The molecule has 0 radical (unpaired) electrons. The second-order valence-corrected chi connectivity index (χ2v) is 3.79. The third-order valence-electron chi connectivity index (χ3n) is 2.02. The molecule has 1 aromatic rings. The molecular weight excluding hydrogens is 176 g/mol. The largest absolute Gasteiger partial charge is 0.465 e. The third-order valence-corrected chi connectivity index (χ3v) is 2.02. The number of methoxy groups -OCH3 is 1. The highest BCUT2D eigenvalue weighted by atomic mass is 16.5. The van der Waals surface area contributed by atoms with Crippen molar-refractivity contribution in [3.63, 3.8) is 0 Å². The number of benzene rings is 1. The van der Waals surface area contributed by atoms with Crippen LogP contribution in [0.25, 0.3) is 0 Å². The van der Waals surface area contributed by atoms with E-state index in [1.54, 1.807) is 0 Å². The van der Waals surface area contributed by atoms with Gasteiger partial charge in [0, 0.05) is 0 Å². The van der Waals surface area contributed by atoms with E-state index in [1.807, 2.05) is 24.3 Å².